The van der Waals surface area contributed by atoms with Crippen LogP contribution in [-0.4, -0.2) is 21.1 Å². The van der Waals surface area contributed by atoms with Crippen molar-refractivity contribution in [2.75, 3.05) is 6.54 Å². The topological polar surface area (TPSA) is 56.2 Å². The summed E-state index contributed by atoms with van der Waals surface area (Å²) in [7, 11) is 0. The van der Waals surface area contributed by atoms with Gasteiger partial charge in [-0.1, -0.05) is 29.8 Å². The van der Waals surface area contributed by atoms with Crippen molar-refractivity contribution in [2.45, 2.75) is 19.8 Å². The van der Waals surface area contributed by atoms with Gasteiger partial charge in [-0.2, -0.15) is 0 Å². The molecule has 0 saturated heterocycles. The lowest BCUT2D eigenvalue weighted by molar-refractivity contribution is 0.772. The first-order chi connectivity index (χ1) is 9.29. The van der Waals surface area contributed by atoms with E-state index in [0.717, 1.165) is 29.3 Å². The van der Waals surface area contributed by atoms with Crippen LogP contribution in [0.1, 0.15) is 17.8 Å². The van der Waals surface area contributed by atoms with Gasteiger partial charge in [-0.05, 0) is 25.5 Å². The van der Waals surface area contributed by atoms with Crippen LogP contribution in [0.5, 0.6) is 0 Å². The van der Waals surface area contributed by atoms with Gasteiger partial charge in [-0.3, -0.25) is 4.40 Å². The van der Waals surface area contributed by atoms with Crippen LogP contribution in [0.25, 0.3) is 16.2 Å². The number of hydrogen-bond donors (Lipinski definition) is 1. The second kappa shape index (κ2) is 5.11. The molecule has 19 heavy (non-hydrogen) atoms. The molecule has 0 radical (unpaired) electrons. The van der Waals surface area contributed by atoms with E-state index in [1.807, 2.05) is 0 Å². The number of fused-ring (bicyclic) bond motifs is 1. The number of aryl methyl sites for hydroxylation is 2. The molecule has 0 aliphatic rings. The number of hydrogen-bond acceptors (Lipinski definition) is 4. The Balaban J connectivity index is 2.07. The van der Waals surface area contributed by atoms with Gasteiger partial charge in [-0.25, -0.2) is 0 Å². The fourth-order valence-electron chi connectivity index (χ4n) is 2.12. The van der Waals surface area contributed by atoms with Crippen molar-refractivity contribution < 1.29 is 0 Å². The summed E-state index contributed by atoms with van der Waals surface area (Å²) in [4.78, 5) is 0.947. The highest BCUT2D eigenvalue weighted by Gasteiger charge is 2.12. The molecular weight excluding hydrogens is 256 g/mol. The predicted molar refractivity (Wildman–Crippen MR) is 78.4 cm³/mol. The van der Waals surface area contributed by atoms with Crippen molar-refractivity contribution in [2.24, 2.45) is 5.73 Å². The Morgan fingerprint density at radius 1 is 1.21 bits per heavy atom. The van der Waals surface area contributed by atoms with Gasteiger partial charge in [0.15, 0.2) is 0 Å². The fraction of sp³-hybridized carbons (Fsp3) is 0.286. The first-order valence-electron chi connectivity index (χ1n) is 6.38. The highest BCUT2D eigenvalue weighted by atomic mass is 32.1. The van der Waals surface area contributed by atoms with E-state index < -0.39 is 0 Å². The predicted octanol–water partition coefficient (Wildman–Crippen LogP) is 2.66. The Labute approximate surface area is 115 Å². The Morgan fingerprint density at radius 2 is 2.00 bits per heavy atom. The molecule has 1 aromatic carbocycles. The van der Waals surface area contributed by atoms with Crippen molar-refractivity contribution in [1.82, 2.24) is 14.6 Å². The van der Waals surface area contributed by atoms with Crippen LogP contribution in [0, 0.1) is 6.92 Å². The van der Waals surface area contributed by atoms with Gasteiger partial charge in [-0.15, -0.1) is 21.5 Å². The number of aromatic nitrogens is 3. The van der Waals surface area contributed by atoms with Crippen LogP contribution in [0.2, 0.25) is 0 Å². The minimum atomic E-state index is 0.679. The molecule has 2 heterocycles. The van der Waals surface area contributed by atoms with Gasteiger partial charge in [0, 0.05) is 11.8 Å². The lowest BCUT2D eigenvalue weighted by atomic mass is 10.1. The third-order valence-electron chi connectivity index (χ3n) is 3.17. The molecule has 0 saturated carbocycles. The summed E-state index contributed by atoms with van der Waals surface area (Å²) in [6.45, 7) is 2.78. The third-order valence-corrected chi connectivity index (χ3v) is 3.99. The molecule has 2 aromatic heterocycles. The van der Waals surface area contributed by atoms with E-state index in [9.17, 15) is 0 Å². The summed E-state index contributed by atoms with van der Waals surface area (Å²) in [6.07, 6.45) is 1.80. The van der Waals surface area contributed by atoms with Crippen molar-refractivity contribution in [1.29, 1.82) is 0 Å². The van der Waals surface area contributed by atoms with Crippen molar-refractivity contribution in [3.63, 3.8) is 0 Å². The fourth-order valence-corrected chi connectivity index (χ4v) is 2.98. The first-order valence-corrected chi connectivity index (χ1v) is 7.26. The summed E-state index contributed by atoms with van der Waals surface area (Å²) < 4.78 is 2.14. The second-order valence-corrected chi connectivity index (χ2v) is 5.45. The smallest absolute Gasteiger partial charge is 0.216 e. The quantitative estimate of drug-likeness (QED) is 0.794. The highest BCUT2D eigenvalue weighted by molar-refractivity contribution is 7.15. The Hall–Kier alpha value is -1.72. The lowest BCUT2D eigenvalue weighted by Gasteiger charge is -2.03. The van der Waals surface area contributed by atoms with E-state index in [1.54, 1.807) is 11.3 Å². The Kier molecular flexibility index (Phi) is 3.31. The molecule has 3 rings (SSSR count). The van der Waals surface area contributed by atoms with E-state index in [0.29, 0.717) is 6.54 Å². The molecule has 3 aromatic rings. The zero-order valence-electron chi connectivity index (χ0n) is 10.8. The standard InChI is InChI=1S/C14H16N4S/c1-10-4-6-11(7-5-10)12-9-19-14-17-16-13(18(12)14)3-2-8-15/h4-7,9H,2-3,8,15H2,1H3. The number of benzene rings is 1. The first kappa shape index (κ1) is 12.3. The summed E-state index contributed by atoms with van der Waals surface area (Å²) >= 11 is 1.63. The van der Waals surface area contributed by atoms with E-state index in [1.165, 1.54) is 11.1 Å². The van der Waals surface area contributed by atoms with E-state index in [4.69, 9.17) is 5.73 Å². The molecule has 0 aliphatic heterocycles. The molecule has 0 spiro atoms. The average molecular weight is 272 g/mol. The second-order valence-electron chi connectivity index (χ2n) is 4.61. The van der Waals surface area contributed by atoms with Crippen LogP contribution in [0.4, 0.5) is 0 Å². The molecule has 5 heteroatoms. The number of rotatable bonds is 4. The normalized spacial score (nSPS) is 11.3. The van der Waals surface area contributed by atoms with Crippen LogP contribution >= 0.6 is 11.3 Å². The van der Waals surface area contributed by atoms with E-state index >= 15 is 0 Å². The maximum absolute atomic E-state index is 5.58. The maximum atomic E-state index is 5.58. The Bertz CT molecular complexity index is 681. The van der Waals surface area contributed by atoms with Crippen LogP contribution < -0.4 is 5.73 Å². The molecular formula is C14H16N4S. The molecule has 0 aliphatic carbocycles. The maximum Gasteiger partial charge on any atom is 0.216 e. The molecule has 0 amide bonds. The summed E-state index contributed by atoms with van der Waals surface area (Å²) in [6, 6.07) is 8.54. The molecule has 0 fully saturated rings. The SMILES string of the molecule is Cc1ccc(-c2csc3nnc(CCCN)n23)cc1. The van der Waals surface area contributed by atoms with E-state index in [-0.39, 0.29) is 0 Å². The average Bonchev–Trinajstić information content (AvgIpc) is 2.99. The molecule has 0 unspecified atom stereocenters. The van der Waals surface area contributed by atoms with Gasteiger partial charge in [0.25, 0.3) is 0 Å². The largest absolute Gasteiger partial charge is 0.330 e. The van der Waals surface area contributed by atoms with Gasteiger partial charge in [0.1, 0.15) is 5.82 Å². The summed E-state index contributed by atoms with van der Waals surface area (Å²) in [5.74, 6) is 0.997. The van der Waals surface area contributed by atoms with Crippen molar-refractivity contribution in [3.05, 3.63) is 41.0 Å². The van der Waals surface area contributed by atoms with Crippen LogP contribution in [0.15, 0.2) is 29.6 Å². The molecule has 0 bridgehead atoms. The van der Waals surface area contributed by atoms with Crippen molar-refractivity contribution >= 4 is 16.3 Å². The molecule has 0 atom stereocenters. The number of nitrogens with two attached hydrogens (primary N) is 1. The van der Waals surface area contributed by atoms with Gasteiger partial charge in [0.05, 0.1) is 5.69 Å². The molecule has 98 valence electrons. The number of nitrogens with zero attached hydrogens (tertiary/aromatic N) is 3. The number of thiazole rings is 1. The minimum Gasteiger partial charge on any atom is -0.330 e. The van der Waals surface area contributed by atoms with Crippen LogP contribution in [-0.2, 0) is 6.42 Å². The van der Waals surface area contributed by atoms with Gasteiger partial charge >= 0.3 is 0 Å². The monoisotopic (exact) mass is 272 g/mol. The third kappa shape index (κ3) is 2.27. The van der Waals surface area contributed by atoms with Gasteiger partial charge in [0.2, 0.25) is 4.96 Å². The van der Waals surface area contributed by atoms with Crippen molar-refractivity contribution in [3.8, 4) is 11.3 Å². The lowest BCUT2D eigenvalue weighted by Crippen LogP contribution is -2.03. The zero-order chi connectivity index (χ0) is 13.2. The minimum absolute atomic E-state index is 0.679. The Morgan fingerprint density at radius 3 is 2.74 bits per heavy atom. The summed E-state index contributed by atoms with van der Waals surface area (Å²) in [5, 5.41) is 10.6. The van der Waals surface area contributed by atoms with Crippen LogP contribution in [0.3, 0.4) is 0 Å². The van der Waals surface area contributed by atoms with E-state index in [2.05, 4.69) is 51.2 Å². The summed E-state index contributed by atoms with van der Waals surface area (Å²) in [5.41, 5.74) is 9.21. The zero-order valence-corrected chi connectivity index (χ0v) is 11.7. The molecule has 4 nitrogen and oxygen atoms in total. The molecule has 2 N–H and O–H groups in total. The highest BCUT2D eigenvalue weighted by Crippen LogP contribution is 2.27. The van der Waals surface area contributed by atoms with Gasteiger partial charge < -0.3 is 5.73 Å².